The van der Waals surface area contributed by atoms with Gasteiger partial charge in [-0.25, -0.2) is 4.39 Å². The van der Waals surface area contributed by atoms with Crippen LogP contribution in [-0.4, -0.2) is 35.3 Å². The zero-order valence-electron chi connectivity index (χ0n) is 15.4. The first-order chi connectivity index (χ1) is 13.0. The normalized spacial score (nSPS) is 21.3. The van der Waals surface area contributed by atoms with E-state index in [-0.39, 0.29) is 29.1 Å². The van der Waals surface area contributed by atoms with E-state index < -0.39 is 0 Å². The Morgan fingerprint density at radius 2 is 1.85 bits per heavy atom. The number of aryl methyl sites for hydroxylation is 1. The molecule has 2 saturated heterocycles. The molecule has 2 aliphatic heterocycles. The minimum absolute atomic E-state index is 0.0723. The Morgan fingerprint density at radius 3 is 2.52 bits per heavy atom. The Labute approximate surface area is 158 Å². The molecule has 5 heteroatoms. The number of rotatable bonds is 2. The summed E-state index contributed by atoms with van der Waals surface area (Å²) in [5, 5.41) is 3.21. The van der Waals surface area contributed by atoms with Gasteiger partial charge in [-0.2, -0.15) is 0 Å². The van der Waals surface area contributed by atoms with E-state index in [1.54, 1.807) is 17.9 Å². The maximum atomic E-state index is 13.5. The largest absolute Gasteiger partial charge is 0.350 e. The minimum atomic E-state index is -0.301. The van der Waals surface area contributed by atoms with Gasteiger partial charge in [0.15, 0.2) is 0 Å². The Hall–Kier alpha value is -2.69. The summed E-state index contributed by atoms with van der Waals surface area (Å²) in [4.78, 5) is 27.1. The van der Waals surface area contributed by atoms with Crippen molar-refractivity contribution in [2.75, 3.05) is 13.1 Å². The zero-order chi connectivity index (χ0) is 19.0. The molecule has 1 spiro atoms. The second-order valence-corrected chi connectivity index (χ2v) is 7.69. The van der Waals surface area contributed by atoms with Crippen LogP contribution in [0.5, 0.6) is 0 Å². The molecule has 1 atom stereocenters. The molecular formula is C22H23FN2O2. The van der Waals surface area contributed by atoms with Crippen LogP contribution in [0.15, 0.2) is 48.5 Å². The van der Waals surface area contributed by atoms with Crippen molar-refractivity contribution in [2.45, 2.75) is 37.6 Å². The number of hydrogen-bond donors (Lipinski definition) is 1. The molecule has 2 aromatic carbocycles. The number of likely N-dealkylation sites (tertiary alicyclic amines) is 1. The highest BCUT2D eigenvalue weighted by atomic mass is 19.1. The highest BCUT2D eigenvalue weighted by Gasteiger charge is 2.46. The van der Waals surface area contributed by atoms with Crippen LogP contribution >= 0.6 is 0 Å². The summed E-state index contributed by atoms with van der Waals surface area (Å²) < 4.78 is 13.5. The molecule has 27 heavy (non-hydrogen) atoms. The second kappa shape index (κ2) is 6.80. The highest BCUT2D eigenvalue weighted by molar-refractivity contribution is 5.94. The molecule has 0 unspecified atom stereocenters. The van der Waals surface area contributed by atoms with Gasteiger partial charge in [0.25, 0.3) is 5.91 Å². The van der Waals surface area contributed by atoms with Crippen molar-refractivity contribution < 1.29 is 14.0 Å². The number of amides is 2. The van der Waals surface area contributed by atoms with E-state index in [9.17, 15) is 14.0 Å². The number of nitrogens with zero attached hydrogens (tertiary/aromatic N) is 1. The van der Waals surface area contributed by atoms with E-state index in [0.717, 1.165) is 24.8 Å². The molecule has 0 bridgehead atoms. The van der Waals surface area contributed by atoms with Crippen molar-refractivity contribution in [1.29, 1.82) is 0 Å². The van der Waals surface area contributed by atoms with Crippen LogP contribution in [0, 0.1) is 12.7 Å². The van der Waals surface area contributed by atoms with Crippen LogP contribution < -0.4 is 5.32 Å². The third-order valence-corrected chi connectivity index (χ3v) is 5.91. The molecular weight excluding hydrogens is 343 g/mol. The molecule has 2 heterocycles. The minimum Gasteiger partial charge on any atom is -0.350 e. The average molecular weight is 366 g/mol. The first kappa shape index (κ1) is 17.7. The molecule has 1 N–H and O–H groups in total. The quantitative estimate of drug-likeness (QED) is 0.885. The molecule has 4 rings (SSSR count). The summed E-state index contributed by atoms with van der Waals surface area (Å²) in [7, 11) is 0. The number of carbonyl (C=O) groups is 2. The fraction of sp³-hybridized carbons (Fsp3) is 0.364. The maximum absolute atomic E-state index is 13.5. The fourth-order valence-electron chi connectivity index (χ4n) is 4.26. The van der Waals surface area contributed by atoms with Crippen LogP contribution in [0.1, 0.15) is 46.7 Å². The molecule has 140 valence electrons. The van der Waals surface area contributed by atoms with E-state index in [1.165, 1.54) is 12.1 Å². The van der Waals surface area contributed by atoms with E-state index >= 15 is 0 Å². The number of halogens is 1. The zero-order valence-corrected chi connectivity index (χ0v) is 15.4. The average Bonchev–Trinajstić information content (AvgIpc) is 3.00. The summed E-state index contributed by atoms with van der Waals surface area (Å²) in [5.74, 6) is -0.412. The summed E-state index contributed by atoms with van der Waals surface area (Å²) >= 11 is 0. The van der Waals surface area contributed by atoms with Crippen molar-refractivity contribution in [2.24, 2.45) is 0 Å². The van der Waals surface area contributed by atoms with Crippen molar-refractivity contribution in [1.82, 2.24) is 10.2 Å². The molecule has 0 aliphatic carbocycles. The summed E-state index contributed by atoms with van der Waals surface area (Å²) in [5.41, 5.74) is 1.81. The van der Waals surface area contributed by atoms with Gasteiger partial charge in [0.05, 0.1) is 5.92 Å². The van der Waals surface area contributed by atoms with Crippen LogP contribution in [0.25, 0.3) is 0 Å². The predicted molar refractivity (Wildman–Crippen MR) is 101 cm³/mol. The maximum Gasteiger partial charge on any atom is 0.253 e. The molecule has 2 fully saturated rings. The Kier molecular flexibility index (Phi) is 4.46. The van der Waals surface area contributed by atoms with Crippen LogP contribution in [0.4, 0.5) is 4.39 Å². The topological polar surface area (TPSA) is 49.4 Å². The third kappa shape index (κ3) is 3.34. The van der Waals surface area contributed by atoms with Crippen LogP contribution in [-0.2, 0) is 4.79 Å². The SMILES string of the molecule is Cc1cc(C(=O)N2CCC3(CC2)C[C@H](c2ccccc2)C(=O)N3)ccc1F. The van der Waals surface area contributed by atoms with E-state index in [2.05, 4.69) is 5.32 Å². The number of carbonyl (C=O) groups excluding carboxylic acids is 2. The van der Waals surface area contributed by atoms with Gasteiger partial charge >= 0.3 is 0 Å². The first-order valence-corrected chi connectivity index (χ1v) is 9.40. The van der Waals surface area contributed by atoms with Gasteiger partial charge < -0.3 is 10.2 Å². The standard InChI is InChI=1S/C22H23FN2O2/c1-15-13-17(7-8-19(15)23)21(27)25-11-9-22(10-12-25)14-18(20(26)24-22)16-5-3-2-4-6-16/h2-8,13,18H,9-12,14H2,1H3,(H,24,26)/t18-/m1/s1. The molecule has 0 radical (unpaired) electrons. The third-order valence-electron chi connectivity index (χ3n) is 5.91. The monoisotopic (exact) mass is 366 g/mol. The Bertz CT molecular complexity index is 873. The summed E-state index contributed by atoms with van der Waals surface area (Å²) in [6, 6.07) is 14.3. The fourth-order valence-corrected chi connectivity index (χ4v) is 4.26. The molecule has 2 aliphatic rings. The number of nitrogens with one attached hydrogen (secondary N) is 1. The van der Waals surface area contributed by atoms with Gasteiger partial charge in [0, 0.05) is 24.2 Å². The lowest BCUT2D eigenvalue weighted by atomic mass is 9.82. The molecule has 4 nitrogen and oxygen atoms in total. The molecule has 2 aromatic rings. The second-order valence-electron chi connectivity index (χ2n) is 7.69. The van der Waals surface area contributed by atoms with Crippen LogP contribution in [0.3, 0.4) is 0 Å². The van der Waals surface area contributed by atoms with Gasteiger partial charge in [-0.05, 0) is 55.5 Å². The van der Waals surface area contributed by atoms with E-state index in [0.29, 0.717) is 24.2 Å². The van der Waals surface area contributed by atoms with Gasteiger partial charge in [-0.15, -0.1) is 0 Å². The first-order valence-electron chi connectivity index (χ1n) is 9.40. The molecule has 2 amide bonds. The van der Waals surface area contributed by atoms with Gasteiger partial charge in [-0.3, -0.25) is 9.59 Å². The molecule has 0 aromatic heterocycles. The summed E-state index contributed by atoms with van der Waals surface area (Å²) in [6.07, 6.45) is 2.26. The highest BCUT2D eigenvalue weighted by Crippen LogP contribution is 2.39. The van der Waals surface area contributed by atoms with Gasteiger partial charge in [-0.1, -0.05) is 30.3 Å². The van der Waals surface area contributed by atoms with Crippen LogP contribution in [0.2, 0.25) is 0 Å². The van der Waals surface area contributed by atoms with Crippen molar-refractivity contribution in [3.63, 3.8) is 0 Å². The van der Waals surface area contributed by atoms with Gasteiger partial charge in [0.2, 0.25) is 5.91 Å². The smallest absolute Gasteiger partial charge is 0.253 e. The lowest BCUT2D eigenvalue weighted by molar-refractivity contribution is -0.121. The Balaban J connectivity index is 1.43. The van der Waals surface area contributed by atoms with Gasteiger partial charge in [0.1, 0.15) is 5.82 Å². The predicted octanol–water partition coefficient (Wildman–Crippen LogP) is 3.41. The number of piperidine rings is 1. The van der Waals surface area contributed by atoms with E-state index in [4.69, 9.17) is 0 Å². The lowest BCUT2D eigenvalue weighted by Gasteiger charge is -2.39. The number of hydrogen-bond acceptors (Lipinski definition) is 2. The van der Waals surface area contributed by atoms with Crippen molar-refractivity contribution >= 4 is 11.8 Å². The van der Waals surface area contributed by atoms with Crippen molar-refractivity contribution in [3.8, 4) is 0 Å². The number of benzene rings is 2. The van der Waals surface area contributed by atoms with Crippen molar-refractivity contribution in [3.05, 3.63) is 71.0 Å². The van der Waals surface area contributed by atoms with E-state index in [1.807, 2.05) is 30.3 Å². The molecule has 0 saturated carbocycles. The Morgan fingerprint density at radius 1 is 1.15 bits per heavy atom. The lowest BCUT2D eigenvalue weighted by Crippen LogP contribution is -2.52. The summed E-state index contributed by atoms with van der Waals surface area (Å²) in [6.45, 7) is 2.85.